The normalized spacial score (nSPS) is 17.2. The van der Waals surface area contributed by atoms with E-state index in [0.717, 1.165) is 59.4 Å². The number of nitrogens with zero attached hydrogens (tertiary/aromatic N) is 6. The van der Waals surface area contributed by atoms with Gasteiger partial charge in [0.2, 0.25) is 5.91 Å². The van der Waals surface area contributed by atoms with Gasteiger partial charge in [-0.1, -0.05) is 24.3 Å². The lowest BCUT2D eigenvalue weighted by Crippen LogP contribution is -2.34. The summed E-state index contributed by atoms with van der Waals surface area (Å²) in [6.07, 6.45) is 0.966. The summed E-state index contributed by atoms with van der Waals surface area (Å²) < 4.78 is 29.9. The van der Waals surface area contributed by atoms with E-state index in [1.54, 1.807) is 12.3 Å². The molecule has 0 bridgehead atoms. The van der Waals surface area contributed by atoms with Crippen molar-refractivity contribution in [3.05, 3.63) is 88.6 Å². The number of aliphatic hydroxyl groups excluding tert-OH is 1. The third-order valence-corrected chi connectivity index (χ3v) is 10.1. The van der Waals surface area contributed by atoms with E-state index >= 15 is 0 Å². The second kappa shape index (κ2) is 15.9. The van der Waals surface area contributed by atoms with Crippen LogP contribution in [-0.2, 0) is 17.9 Å². The number of rotatable bonds is 12. The van der Waals surface area contributed by atoms with Crippen molar-refractivity contribution in [2.24, 2.45) is 0 Å². The highest BCUT2D eigenvalue weighted by Gasteiger charge is 2.25. The van der Waals surface area contributed by atoms with Gasteiger partial charge in [-0.2, -0.15) is 5.10 Å². The molecule has 2 atom stereocenters. The van der Waals surface area contributed by atoms with Crippen LogP contribution in [0.1, 0.15) is 77.4 Å². The molecule has 2 aromatic carbocycles. The molecule has 5 heterocycles. The molecule has 0 aliphatic carbocycles. The van der Waals surface area contributed by atoms with Crippen molar-refractivity contribution in [3.8, 4) is 11.1 Å². The average molecular weight is 739 g/mol. The summed E-state index contributed by atoms with van der Waals surface area (Å²) in [4.78, 5) is 39.8. The highest BCUT2D eigenvalue weighted by Crippen LogP contribution is 2.36. The summed E-state index contributed by atoms with van der Waals surface area (Å²) in [6, 6.07) is 15.0. The second-order valence-corrected chi connectivity index (χ2v) is 14.0. The van der Waals surface area contributed by atoms with Crippen LogP contribution in [0.5, 0.6) is 0 Å². The molecule has 1 fully saturated rings. The van der Waals surface area contributed by atoms with Crippen LogP contribution in [0.25, 0.3) is 22.2 Å². The number of aromatic nitrogens is 5. The van der Waals surface area contributed by atoms with Crippen molar-refractivity contribution in [1.29, 1.82) is 0 Å². The van der Waals surface area contributed by atoms with Crippen molar-refractivity contribution in [3.63, 3.8) is 0 Å². The van der Waals surface area contributed by atoms with Gasteiger partial charge in [-0.05, 0) is 85.2 Å². The Morgan fingerprint density at radius 2 is 1.74 bits per heavy atom. The number of aryl methyl sites for hydroxylation is 1. The fourth-order valence-corrected chi connectivity index (χ4v) is 7.29. The molecular weight excluding hydrogens is 694 g/mol. The van der Waals surface area contributed by atoms with Gasteiger partial charge in [-0.25, -0.2) is 18.7 Å². The number of halogens is 2. The minimum atomic E-state index is -2.88. The van der Waals surface area contributed by atoms with Gasteiger partial charge in [0, 0.05) is 69.8 Å². The molecule has 1 saturated heterocycles. The number of anilines is 3. The summed E-state index contributed by atoms with van der Waals surface area (Å²) in [7, 11) is 0. The number of carbonyl (C=O) groups excluding carboxylic acids is 2. The first-order valence-corrected chi connectivity index (χ1v) is 18.2. The molecular formula is C39H44F2N10O3. The van der Waals surface area contributed by atoms with Gasteiger partial charge in [-0.15, -0.1) is 0 Å². The SMILES string of the molecule is CC(=O)NCCNC1CCCn2nc(C(=O)Nc3cccc(-c4cccc(Nc5nc(C(F)F)nc6cc(CN7CC[C@@H](O)C7)cnc56)c4C)c3C)cc21. The van der Waals surface area contributed by atoms with Gasteiger partial charge in [0.05, 0.1) is 17.3 Å². The minimum Gasteiger partial charge on any atom is -0.392 e. The van der Waals surface area contributed by atoms with E-state index in [0.29, 0.717) is 60.7 Å². The second-order valence-electron chi connectivity index (χ2n) is 14.0. The van der Waals surface area contributed by atoms with Crippen LogP contribution in [0.3, 0.4) is 0 Å². The highest BCUT2D eigenvalue weighted by molar-refractivity contribution is 6.04. The van der Waals surface area contributed by atoms with Gasteiger partial charge in [0.1, 0.15) is 5.52 Å². The van der Waals surface area contributed by atoms with E-state index < -0.39 is 12.2 Å². The number of β-amino-alcohol motifs (C(OH)–C–C–N with tert-alkyl or cyclic N) is 1. The van der Waals surface area contributed by atoms with E-state index in [2.05, 4.69) is 46.2 Å². The fourth-order valence-electron chi connectivity index (χ4n) is 7.29. The third kappa shape index (κ3) is 8.07. The van der Waals surface area contributed by atoms with E-state index in [-0.39, 0.29) is 29.8 Å². The van der Waals surface area contributed by atoms with E-state index in [9.17, 15) is 23.5 Å². The van der Waals surface area contributed by atoms with Crippen LogP contribution in [0.4, 0.5) is 26.0 Å². The molecule has 2 aliphatic heterocycles. The number of nitrogens with one attached hydrogen (secondary N) is 4. The van der Waals surface area contributed by atoms with Crippen LogP contribution < -0.4 is 21.3 Å². The number of hydrogen-bond acceptors (Lipinski definition) is 10. The van der Waals surface area contributed by atoms with Gasteiger partial charge < -0.3 is 26.4 Å². The molecule has 13 nitrogen and oxygen atoms in total. The predicted molar refractivity (Wildman–Crippen MR) is 202 cm³/mol. The zero-order chi connectivity index (χ0) is 37.9. The number of aliphatic hydroxyl groups is 1. The Kier molecular flexibility index (Phi) is 10.9. The number of pyridine rings is 1. The van der Waals surface area contributed by atoms with Crippen molar-refractivity contribution < 1.29 is 23.5 Å². The van der Waals surface area contributed by atoms with Crippen LogP contribution in [0.15, 0.2) is 54.7 Å². The monoisotopic (exact) mass is 738 g/mol. The molecule has 0 spiro atoms. The maximum Gasteiger partial charge on any atom is 0.297 e. The third-order valence-electron chi connectivity index (χ3n) is 10.1. The zero-order valence-corrected chi connectivity index (χ0v) is 30.5. The van der Waals surface area contributed by atoms with Gasteiger partial charge >= 0.3 is 0 Å². The van der Waals surface area contributed by atoms with Gasteiger partial charge in [0.15, 0.2) is 17.3 Å². The molecule has 54 heavy (non-hydrogen) atoms. The topological polar surface area (TPSA) is 162 Å². The lowest BCUT2D eigenvalue weighted by molar-refractivity contribution is -0.118. The molecule has 0 saturated carbocycles. The first kappa shape index (κ1) is 37.0. The van der Waals surface area contributed by atoms with Gasteiger partial charge in [0.25, 0.3) is 12.3 Å². The Bertz CT molecular complexity index is 2190. The smallest absolute Gasteiger partial charge is 0.297 e. The quantitative estimate of drug-likeness (QED) is 0.102. The van der Waals surface area contributed by atoms with Crippen molar-refractivity contribution >= 4 is 40.0 Å². The predicted octanol–water partition coefficient (Wildman–Crippen LogP) is 5.57. The molecule has 15 heteroatoms. The number of benzene rings is 2. The molecule has 2 amide bonds. The summed E-state index contributed by atoms with van der Waals surface area (Å²) in [5, 5.41) is 27.1. The van der Waals surface area contributed by atoms with Crippen LogP contribution in [-0.4, -0.2) is 78.8 Å². The molecule has 1 unspecified atom stereocenters. The number of hydrogen-bond donors (Lipinski definition) is 5. The molecule has 0 radical (unpaired) electrons. The maximum atomic E-state index is 14.0. The Morgan fingerprint density at radius 3 is 2.46 bits per heavy atom. The van der Waals surface area contributed by atoms with Crippen molar-refractivity contribution in [2.75, 3.05) is 36.8 Å². The van der Waals surface area contributed by atoms with Crippen LogP contribution >= 0.6 is 0 Å². The summed E-state index contributed by atoms with van der Waals surface area (Å²) in [6.45, 7) is 9.04. The molecule has 3 aromatic heterocycles. The molecule has 7 rings (SSSR count). The van der Waals surface area contributed by atoms with Crippen molar-refractivity contribution in [1.82, 2.24) is 40.3 Å². The zero-order valence-electron chi connectivity index (χ0n) is 30.5. The molecule has 282 valence electrons. The lowest BCUT2D eigenvalue weighted by Gasteiger charge is -2.24. The van der Waals surface area contributed by atoms with Gasteiger partial charge in [-0.3, -0.25) is 24.2 Å². The van der Waals surface area contributed by atoms with Crippen LogP contribution in [0, 0.1) is 13.8 Å². The number of amides is 2. The standard InChI is InChI=1S/C39H44F2N10O3/c1-22-27(7-4-9-29(22)45-37-35-32(46-38(48-37)36(40)41)17-25(19-44-35)20-50-16-12-26(53)21-50)28-8-5-10-30(23(28)2)47-39(54)33-18-34-31(11-6-15-51(34)49-33)43-14-13-42-24(3)52/h4-5,7-10,17-19,26,31,36,43,53H,6,11-16,20-21H2,1-3H3,(H,42,52)(H,47,54)(H,45,46,48)/t26-,31?/m1/s1. The molecule has 5 aromatic rings. The number of carbonyl (C=O) groups is 2. The Labute approximate surface area is 311 Å². The summed E-state index contributed by atoms with van der Waals surface area (Å²) in [5.74, 6) is -0.820. The van der Waals surface area contributed by atoms with Crippen LogP contribution in [0.2, 0.25) is 0 Å². The Morgan fingerprint density at radius 1 is 0.981 bits per heavy atom. The van der Waals surface area contributed by atoms with E-state index in [1.165, 1.54) is 6.92 Å². The van der Waals surface area contributed by atoms with E-state index in [1.807, 2.05) is 61.0 Å². The number of alkyl halides is 2. The summed E-state index contributed by atoms with van der Waals surface area (Å²) in [5.41, 5.74) is 7.50. The Hall–Kier alpha value is -5.38. The maximum absolute atomic E-state index is 14.0. The first-order chi connectivity index (χ1) is 26.0. The first-order valence-electron chi connectivity index (χ1n) is 18.2. The fraction of sp³-hybridized carbons (Fsp3) is 0.385. The molecule has 2 aliphatic rings. The lowest BCUT2D eigenvalue weighted by atomic mass is 9.94. The number of likely N-dealkylation sites (tertiary alicyclic amines) is 1. The Balaban J connectivity index is 1.11. The minimum absolute atomic E-state index is 0.0293. The van der Waals surface area contributed by atoms with Crippen molar-refractivity contribution in [2.45, 2.75) is 71.7 Å². The molecule has 5 N–H and O–H groups in total. The summed E-state index contributed by atoms with van der Waals surface area (Å²) >= 11 is 0. The largest absolute Gasteiger partial charge is 0.392 e. The van der Waals surface area contributed by atoms with E-state index in [4.69, 9.17) is 0 Å². The number of fused-ring (bicyclic) bond motifs is 2. The highest BCUT2D eigenvalue weighted by atomic mass is 19.3. The average Bonchev–Trinajstić information content (AvgIpc) is 3.78.